The summed E-state index contributed by atoms with van der Waals surface area (Å²) in [5.41, 5.74) is -0.422. The molecule has 0 saturated heterocycles. The maximum absolute atomic E-state index is 12.3. The van der Waals surface area contributed by atoms with Crippen LogP contribution in [-0.2, 0) is 32.2 Å². The number of hydrogen-bond acceptors (Lipinski definition) is 8. The topological polar surface area (TPSA) is 120 Å². The Labute approximate surface area is 165 Å². The van der Waals surface area contributed by atoms with Crippen LogP contribution in [0.5, 0.6) is 5.75 Å². The fourth-order valence-corrected chi connectivity index (χ4v) is 4.94. The van der Waals surface area contributed by atoms with Gasteiger partial charge in [0.25, 0.3) is 5.56 Å². The SMILES string of the molecule is COC(=O)CS(=O)(=O)Cc1ccc(C=CC(=O)c2c(O)cc(C)n(C)c2=O)s1. The molecule has 2 aromatic heterocycles. The third-order valence-corrected chi connectivity index (χ3v) is 6.56. The minimum atomic E-state index is -3.66. The molecule has 0 amide bonds. The van der Waals surface area contributed by atoms with E-state index in [0.29, 0.717) is 15.4 Å². The van der Waals surface area contributed by atoms with Crippen molar-refractivity contribution in [2.75, 3.05) is 12.9 Å². The van der Waals surface area contributed by atoms with Gasteiger partial charge in [0.2, 0.25) is 0 Å². The molecule has 2 heterocycles. The first-order valence-corrected chi connectivity index (χ1v) is 10.7. The van der Waals surface area contributed by atoms with E-state index >= 15 is 0 Å². The molecule has 0 aliphatic rings. The number of esters is 1. The van der Waals surface area contributed by atoms with E-state index in [1.807, 2.05) is 0 Å². The zero-order chi connectivity index (χ0) is 21.1. The molecule has 0 atom stereocenters. The summed E-state index contributed by atoms with van der Waals surface area (Å²) in [5, 5.41) is 9.92. The number of sulfone groups is 1. The molecule has 2 aromatic rings. The van der Waals surface area contributed by atoms with Gasteiger partial charge in [-0.1, -0.05) is 0 Å². The molecule has 0 saturated carbocycles. The Morgan fingerprint density at radius 1 is 1.32 bits per heavy atom. The Bertz CT molecular complexity index is 1110. The Morgan fingerprint density at radius 2 is 2.00 bits per heavy atom. The number of aromatic hydroxyl groups is 1. The van der Waals surface area contributed by atoms with Crippen molar-refractivity contribution in [3.8, 4) is 5.75 Å². The first-order valence-electron chi connectivity index (χ1n) is 8.02. The van der Waals surface area contributed by atoms with E-state index in [1.54, 1.807) is 19.1 Å². The number of rotatable bonds is 7. The summed E-state index contributed by atoms with van der Waals surface area (Å²) >= 11 is 1.13. The Morgan fingerprint density at radius 3 is 2.64 bits per heavy atom. The second kappa shape index (κ2) is 8.53. The molecule has 1 N–H and O–H groups in total. The highest BCUT2D eigenvalue weighted by atomic mass is 32.2. The molecule has 0 bridgehead atoms. The fourth-order valence-electron chi connectivity index (χ4n) is 2.34. The first kappa shape index (κ1) is 21.6. The smallest absolute Gasteiger partial charge is 0.320 e. The number of allylic oxidation sites excluding steroid dienone is 1. The minimum Gasteiger partial charge on any atom is -0.507 e. The molecule has 150 valence electrons. The summed E-state index contributed by atoms with van der Waals surface area (Å²) in [5.74, 6) is -2.92. The molecule has 10 heteroatoms. The molecular weight excluding hydrogens is 406 g/mol. The molecule has 0 fully saturated rings. The lowest BCUT2D eigenvalue weighted by atomic mass is 10.1. The van der Waals surface area contributed by atoms with Crippen LogP contribution in [0.25, 0.3) is 6.08 Å². The number of aromatic nitrogens is 1. The second-order valence-electron chi connectivity index (χ2n) is 6.02. The van der Waals surface area contributed by atoms with Gasteiger partial charge in [0, 0.05) is 28.6 Å². The first-order chi connectivity index (χ1) is 13.0. The number of hydrogen-bond donors (Lipinski definition) is 1. The third kappa shape index (κ3) is 5.17. The van der Waals surface area contributed by atoms with Crippen LogP contribution in [0.15, 0.2) is 29.1 Å². The fraction of sp³-hybridized carbons (Fsp3) is 0.278. The van der Waals surface area contributed by atoms with Crippen molar-refractivity contribution in [3.63, 3.8) is 0 Å². The van der Waals surface area contributed by atoms with Gasteiger partial charge in [-0.25, -0.2) is 8.42 Å². The number of thiophene rings is 1. The summed E-state index contributed by atoms with van der Waals surface area (Å²) in [4.78, 5) is 36.7. The van der Waals surface area contributed by atoms with Crippen LogP contribution in [0, 0.1) is 6.92 Å². The minimum absolute atomic E-state index is 0.326. The van der Waals surface area contributed by atoms with E-state index in [0.717, 1.165) is 24.5 Å². The molecular formula is C18H19NO7S2. The van der Waals surface area contributed by atoms with Gasteiger partial charge in [0.1, 0.15) is 17.1 Å². The summed E-state index contributed by atoms with van der Waals surface area (Å²) < 4.78 is 29.5. The van der Waals surface area contributed by atoms with Gasteiger partial charge >= 0.3 is 5.97 Å². The zero-order valence-corrected chi connectivity index (χ0v) is 17.1. The van der Waals surface area contributed by atoms with Crippen LogP contribution in [-0.4, -0.2) is 42.7 Å². The van der Waals surface area contributed by atoms with E-state index in [-0.39, 0.29) is 11.3 Å². The van der Waals surface area contributed by atoms with Crippen LogP contribution in [0.1, 0.15) is 25.8 Å². The normalized spacial score (nSPS) is 11.7. The van der Waals surface area contributed by atoms with Crippen molar-refractivity contribution in [2.24, 2.45) is 7.05 Å². The van der Waals surface area contributed by atoms with Gasteiger partial charge in [-0.15, -0.1) is 11.3 Å². The summed E-state index contributed by atoms with van der Waals surface area (Å²) in [6.45, 7) is 1.63. The van der Waals surface area contributed by atoms with E-state index in [2.05, 4.69) is 4.74 Å². The molecule has 28 heavy (non-hydrogen) atoms. The van der Waals surface area contributed by atoms with E-state index in [9.17, 15) is 27.9 Å². The van der Waals surface area contributed by atoms with E-state index in [1.165, 1.54) is 23.8 Å². The van der Waals surface area contributed by atoms with Gasteiger partial charge in [0.15, 0.2) is 15.6 Å². The predicted octanol–water partition coefficient (Wildman–Crippen LogP) is 1.44. The standard InChI is InChI=1S/C18H19NO7S2/c1-11-8-15(21)17(18(23)19(11)2)14(20)7-6-12-4-5-13(27-12)9-28(24,25)10-16(22)26-3/h4-8,21H,9-10H2,1-3H3. The molecule has 0 spiro atoms. The lowest BCUT2D eigenvalue weighted by Gasteiger charge is -2.07. The number of methoxy groups -OCH3 is 1. The molecule has 8 nitrogen and oxygen atoms in total. The van der Waals surface area contributed by atoms with Gasteiger partial charge < -0.3 is 14.4 Å². The van der Waals surface area contributed by atoms with Gasteiger partial charge in [-0.2, -0.15) is 0 Å². The molecule has 0 aliphatic heterocycles. The maximum Gasteiger partial charge on any atom is 0.320 e. The van der Waals surface area contributed by atoms with Gasteiger partial charge in [0.05, 0.1) is 12.9 Å². The van der Waals surface area contributed by atoms with Crippen molar-refractivity contribution in [2.45, 2.75) is 12.7 Å². The average Bonchev–Trinajstić information content (AvgIpc) is 3.04. The maximum atomic E-state index is 12.3. The van der Waals surface area contributed by atoms with Crippen LogP contribution in [0.3, 0.4) is 0 Å². The lowest BCUT2D eigenvalue weighted by molar-refractivity contribution is -0.137. The number of carbonyl (C=O) groups is 2. The van der Waals surface area contributed by atoms with Crippen LogP contribution in [0.2, 0.25) is 0 Å². The van der Waals surface area contributed by atoms with Gasteiger partial charge in [-0.05, 0) is 31.2 Å². The average molecular weight is 425 g/mol. The number of nitrogens with zero attached hydrogens (tertiary/aromatic N) is 1. The van der Waals surface area contributed by atoms with E-state index < -0.39 is 38.7 Å². The number of carbonyl (C=O) groups excluding carboxylic acids is 2. The predicted molar refractivity (Wildman–Crippen MR) is 105 cm³/mol. The lowest BCUT2D eigenvalue weighted by Crippen LogP contribution is -2.25. The third-order valence-electron chi connectivity index (χ3n) is 3.90. The highest BCUT2D eigenvalue weighted by molar-refractivity contribution is 7.91. The van der Waals surface area contributed by atoms with Gasteiger partial charge in [-0.3, -0.25) is 14.4 Å². The molecule has 0 aromatic carbocycles. The van der Waals surface area contributed by atoms with Crippen molar-refractivity contribution in [3.05, 3.63) is 55.6 Å². The van der Waals surface area contributed by atoms with Crippen molar-refractivity contribution in [1.82, 2.24) is 4.57 Å². The molecule has 0 radical (unpaired) electrons. The quantitative estimate of drug-likeness (QED) is 0.405. The number of aryl methyl sites for hydroxylation is 1. The Hall–Kier alpha value is -2.72. The summed E-state index contributed by atoms with van der Waals surface area (Å²) in [7, 11) is -1.05. The largest absolute Gasteiger partial charge is 0.507 e. The van der Waals surface area contributed by atoms with Crippen LogP contribution < -0.4 is 5.56 Å². The zero-order valence-electron chi connectivity index (χ0n) is 15.5. The summed E-state index contributed by atoms with van der Waals surface area (Å²) in [6.07, 6.45) is 2.58. The highest BCUT2D eigenvalue weighted by Gasteiger charge is 2.19. The number of ketones is 1. The van der Waals surface area contributed by atoms with E-state index in [4.69, 9.17) is 0 Å². The molecule has 0 unspecified atom stereocenters. The Balaban J connectivity index is 2.17. The number of ether oxygens (including phenoxy) is 1. The Kier molecular flexibility index (Phi) is 6.57. The number of pyridine rings is 1. The molecule has 0 aliphatic carbocycles. The van der Waals surface area contributed by atoms with Crippen molar-refractivity contribution in [1.29, 1.82) is 0 Å². The highest BCUT2D eigenvalue weighted by Crippen LogP contribution is 2.22. The summed E-state index contributed by atoms with van der Waals surface area (Å²) in [6, 6.07) is 4.52. The van der Waals surface area contributed by atoms with Crippen molar-refractivity contribution < 1.29 is 27.9 Å². The second-order valence-corrected chi connectivity index (χ2v) is 9.28. The van der Waals surface area contributed by atoms with Crippen molar-refractivity contribution >= 4 is 39.0 Å². The molecule has 2 rings (SSSR count). The monoisotopic (exact) mass is 425 g/mol. The van der Waals surface area contributed by atoms with Crippen LogP contribution >= 0.6 is 11.3 Å². The van der Waals surface area contributed by atoms with Crippen LogP contribution in [0.4, 0.5) is 0 Å².